The molecule has 2 N–H and O–H groups in total. The Morgan fingerprint density at radius 1 is 1.54 bits per heavy atom. The van der Waals surface area contributed by atoms with Gasteiger partial charge in [0.25, 0.3) is 0 Å². The molecule has 68 valence electrons. The van der Waals surface area contributed by atoms with Gasteiger partial charge in [0.15, 0.2) is 11.5 Å². The normalized spacial score (nSPS) is 13.2. The smallest absolute Gasteiger partial charge is 0.410 e. The summed E-state index contributed by atoms with van der Waals surface area (Å²) in [4.78, 5) is 10.5. The Bertz CT molecular complexity index is 349. The number of carbonyl (C=O) groups is 1. The summed E-state index contributed by atoms with van der Waals surface area (Å²) < 4.78 is 10.1. The van der Waals surface area contributed by atoms with E-state index < -0.39 is 6.09 Å². The quantitative estimate of drug-likeness (QED) is 0.701. The van der Waals surface area contributed by atoms with Crippen LogP contribution >= 0.6 is 0 Å². The summed E-state index contributed by atoms with van der Waals surface area (Å²) in [6, 6.07) is 5.41. The minimum Gasteiger partial charge on any atom is -0.489 e. The number of carbonyl (C=O) groups excluding carboxylic acids is 1. The third-order valence-corrected chi connectivity index (χ3v) is 1.89. The molecule has 0 atom stereocenters. The van der Waals surface area contributed by atoms with E-state index in [4.69, 9.17) is 15.2 Å². The molecule has 0 aliphatic carbocycles. The SMILES string of the molecule is NC(=O)Oc1cccc2c1OCC2. The van der Waals surface area contributed by atoms with Crippen molar-refractivity contribution in [3.05, 3.63) is 23.8 Å². The van der Waals surface area contributed by atoms with Gasteiger partial charge < -0.3 is 15.2 Å². The van der Waals surface area contributed by atoms with Crippen LogP contribution < -0.4 is 15.2 Å². The zero-order valence-electron chi connectivity index (χ0n) is 6.95. The fraction of sp³-hybridized carbons (Fsp3) is 0.222. The molecule has 0 unspecified atom stereocenters. The van der Waals surface area contributed by atoms with Crippen LogP contribution in [0.25, 0.3) is 0 Å². The van der Waals surface area contributed by atoms with Gasteiger partial charge in [-0.05, 0) is 6.07 Å². The van der Waals surface area contributed by atoms with Gasteiger partial charge in [0, 0.05) is 12.0 Å². The lowest BCUT2D eigenvalue weighted by atomic mass is 10.1. The molecule has 1 aromatic rings. The molecule has 1 aliphatic rings. The summed E-state index contributed by atoms with van der Waals surface area (Å²) in [5, 5.41) is 0. The molecule has 1 aliphatic heterocycles. The number of rotatable bonds is 1. The molecular weight excluding hydrogens is 170 g/mol. The van der Waals surface area contributed by atoms with Crippen LogP contribution in [0.4, 0.5) is 4.79 Å². The van der Waals surface area contributed by atoms with Gasteiger partial charge in [0.1, 0.15) is 0 Å². The first-order chi connectivity index (χ1) is 6.27. The fourth-order valence-corrected chi connectivity index (χ4v) is 1.37. The Hall–Kier alpha value is -1.71. The second-order valence-corrected chi connectivity index (χ2v) is 2.76. The van der Waals surface area contributed by atoms with Crippen molar-refractivity contribution >= 4 is 6.09 Å². The van der Waals surface area contributed by atoms with Crippen molar-refractivity contribution in [1.82, 2.24) is 0 Å². The van der Waals surface area contributed by atoms with Gasteiger partial charge in [-0.15, -0.1) is 0 Å². The zero-order valence-corrected chi connectivity index (χ0v) is 6.95. The van der Waals surface area contributed by atoms with Crippen molar-refractivity contribution in [2.45, 2.75) is 6.42 Å². The summed E-state index contributed by atoms with van der Waals surface area (Å²) in [7, 11) is 0. The van der Waals surface area contributed by atoms with E-state index >= 15 is 0 Å². The number of hydrogen-bond donors (Lipinski definition) is 1. The number of fused-ring (bicyclic) bond motifs is 1. The zero-order chi connectivity index (χ0) is 9.26. The summed E-state index contributed by atoms with van der Waals surface area (Å²) in [5.74, 6) is 1.05. The van der Waals surface area contributed by atoms with Crippen LogP contribution in [0.5, 0.6) is 11.5 Å². The Balaban J connectivity index is 2.36. The topological polar surface area (TPSA) is 61.6 Å². The molecule has 4 heteroatoms. The lowest BCUT2D eigenvalue weighted by molar-refractivity contribution is 0.208. The minimum atomic E-state index is -0.816. The van der Waals surface area contributed by atoms with Crippen molar-refractivity contribution in [1.29, 1.82) is 0 Å². The molecule has 0 spiro atoms. The molecule has 1 heterocycles. The minimum absolute atomic E-state index is 0.405. The first-order valence-electron chi connectivity index (χ1n) is 3.99. The lowest BCUT2D eigenvalue weighted by Crippen LogP contribution is -2.16. The number of hydrogen-bond acceptors (Lipinski definition) is 3. The van der Waals surface area contributed by atoms with Crippen LogP contribution in [0.1, 0.15) is 5.56 Å². The van der Waals surface area contributed by atoms with E-state index in [1.54, 1.807) is 6.07 Å². The Morgan fingerprint density at radius 2 is 2.38 bits per heavy atom. The standard InChI is InChI=1S/C9H9NO3/c10-9(11)13-7-3-1-2-6-4-5-12-8(6)7/h1-3H,4-5H2,(H2,10,11). The van der Waals surface area contributed by atoms with Crippen LogP contribution in [0.15, 0.2) is 18.2 Å². The highest BCUT2D eigenvalue weighted by molar-refractivity contribution is 5.69. The highest BCUT2D eigenvalue weighted by Crippen LogP contribution is 2.35. The van der Waals surface area contributed by atoms with Gasteiger partial charge >= 0.3 is 6.09 Å². The molecule has 0 saturated carbocycles. The molecule has 0 fully saturated rings. The van der Waals surface area contributed by atoms with Gasteiger partial charge in [-0.3, -0.25) is 0 Å². The van der Waals surface area contributed by atoms with Crippen molar-refractivity contribution in [3.63, 3.8) is 0 Å². The second-order valence-electron chi connectivity index (χ2n) is 2.76. The van der Waals surface area contributed by atoms with Gasteiger partial charge in [-0.25, -0.2) is 4.79 Å². The van der Waals surface area contributed by atoms with E-state index in [0.29, 0.717) is 18.1 Å². The van der Waals surface area contributed by atoms with E-state index in [2.05, 4.69) is 0 Å². The van der Waals surface area contributed by atoms with Crippen LogP contribution in [0.2, 0.25) is 0 Å². The average Bonchev–Trinajstić information content (AvgIpc) is 2.51. The van der Waals surface area contributed by atoms with Gasteiger partial charge in [0.2, 0.25) is 0 Å². The number of amides is 1. The predicted molar refractivity (Wildman–Crippen MR) is 45.9 cm³/mol. The number of para-hydroxylation sites is 1. The average molecular weight is 179 g/mol. The van der Waals surface area contributed by atoms with Gasteiger partial charge in [-0.1, -0.05) is 12.1 Å². The first-order valence-corrected chi connectivity index (χ1v) is 3.99. The highest BCUT2D eigenvalue weighted by atomic mass is 16.6. The Labute approximate surface area is 75.2 Å². The van der Waals surface area contributed by atoms with Gasteiger partial charge in [-0.2, -0.15) is 0 Å². The molecule has 0 aromatic heterocycles. The third-order valence-electron chi connectivity index (χ3n) is 1.89. The van der Waals surface area contributed by atoms with E-state index in [-0.39, 0.29) is 0 Å². The maximum atomic E-state index is 10.5. The second kappa shape index (κ2) is 2.97. The van der Waals surface area contributed by atoms with E-state index in [1.165, 1.54) is 0 Å². The predicted octanol–water partition coefficient (Wildman–Crippen LogP) is 1.08. The maximum Gasteiger partial charge on any atom is 0.410 e. The molecule has 1 aromatic carbocycles. The Morgan fingerprint density at radius 3 is 3.15 bits per heavy atom. The van der Waals surface area contributed by atoms with Crippen LogP contribution in [-0.2, 0) is 6.42 Å². The molecule has 0 radical (unpaired) electrons. The lowest BCUT2D eigenvalue weighted by Gasteiger charge is -2.05. The van der Waals surface area contributed by atoms with Crippen molar-refractivity contribution in [2.75, 3.05) is 6.61 Å². The Kier molecular flexibility index (Phi) is 1.81. The van der Waals surface area contributed by atoms with Crippen molar-refractivity contribution in [2.24, 2.45) is 5.73 Å². The van der Waals surface area contributed by atoms with Gasteiger partial charge in [0.05, 0.1) is 6.61 Å². The monoisotopic (exact) mass is 179 g/mol. The third kappa shape index (κ3) is 1.42. The van der Waals surface area contributed by atoms with Crippen LogP contribution in [0, 0.1) is 0 Å². The number of ether oxygens (including phenoxy) is 2. The largest absolute Gasteiger partial charge is 0.489 e. The number of benzene rings is 1. The van der Waals surface area contributed by atoms with Crippen molar-refractivity contribution < 1.29 is 14.3 Å². The van der Waals surface area contributed by atoms with Crippen LogP contribution in [0.3, 0.4) is 0 Å². The van der Waals surface area contributed by atoms with Crippen molar-refractivity contribution in [3.8, 4) is 11.5 Å². The molecule has 2 rings (SSSR count). The molecule has 0 bridgehead atoms. The first kappa shape index (κ1) is 7.91. The highest BCUT2D eigenvalue weighted by Gasteiger charge is 2.17. The van der Waals surface area contributed by atoms with Crippen LogP contribution in [-0.4, -0.2) is 12.7 Å². The van der Waals surface area contributed by atoms with E-state index in [0.717, 1.165) is 12.0 Å². The summed E-state index contributed by atoms with van der Waals surface area (Å²) in [6.07, 6.45) is 0.0366. The summed E-state index contributed by atoms with van der Waals surface area (Å²) in [5.41, 5.74) is 5.96. The van der Waals surface area contributed by atoms with E-state index in [9.17, 15) is 4.79 Å². The maximum absolute atomic E-state index is 10.5. The molecule has 13 heavy (non-hydrogen) atoms. The number of primary amides is 1. The molecular formula is C9H9NO3. The summed E-state index contributed by atoms with van der Waals surface area (Å²) in [6.45, 7) is 0.633. The number of nitrogens with two attached hydrogens (primary N) is 1. The molecule has 1 amide bonds. The molecule has 0 saturated heterocycles. The summed E-state index contributed by atoms with van der Waals surface area (Å²) >= 11 is 0. The fourth-order valence-electron chi connectivity index (χ4n) is 1.37. The van der Waals surface area contributed by atoms with E-state index in [1.807, 2.05) is 12.1 Å². The molecule has 4 nitrogen and oxygen atoms in total.